The van der Waals surface area contributed by atoms with Crippen LogP contribution in [-0.4, -0.2) is 35.1 Å². The average Bonchev–Trinajstić information content (AvgIpc) is 2.98. The smallest absolute Gasteiger partial charge is 0.322 e. The minimum Gasteiger partial charge on any atom is -0.467 e. The van der Waals surface area contributed by atoms with E-state index in [1.165, 1.54) is 25.6 Å². The van der Waals surface area contributed by atoms with Crippen molar-refractivity contribution in [2.45, 2.75) is 6.54 Å². The first-order chi connectivity index (χ1) is 9.22. The Balaban J connectivity index is 2.04. The summed E-state index contributed by atoms with van der Waals surface area (Å²) < 4.78 is 9.85. The van der Waals surface area contributed by atoms with Crippen molar-refractivity contribution in [3.63, 3.8) is 0 Å². The van der Waals surface area contributed by atoms with Crippen molar-refractivity contribution in [3.8, 4) is 12.0 Å². The highest BCUT2D eigenvalue weighted by Gasteiger charge is 2.10. The monoisotopic (exact) mass is 280 g/mol. The molecule has 0 spiro atoms. The minimum atomic E-state index is -0.173. The second kappa shape index (κ2) is 6.10. The van der Waals surface area contributed by atoms with Gasteiger partial charge in [-0.1, -0.05) is 6.07 Å². The Morgan fingerprint density at radius 2 is 1.95 bits per heavy atom. The summed E-state index contributed by atoms with van der Waals surface area (Å²) >= 11 is 1.37. The number of hydrogen-bond donors (Lipinski definition) is 1. The van der Waals surface area contributed by atoms with Crippen LogP contribution < -0.4 is 14.8 Å². The van der Waals surface area contributed by atoms with Crippen LogP contribution in [0.2, 0.25) is 0 Å². The second-order valence-electron chi connectivity index (χ2n) is 3.39. The summed E-state index contributed by atoms with van der Waals surface area (Å²) in [6, 6.07) is 3.85. The summed E-state index contributed by atoms with van der Waals surface area (Å²) in [5, 5.41) is 4.55. The fourth-order valence-electron chi connectivity index (χ4n) is 1.29. The van der Waals surface area contributed by atoms with Gasteiger partial charge in [0.2, 0.25) is 0 Å². The molecule has 0 radical (unpaired) electrons. The summed E-state index contributed by atoms with van der Waals surface area (Å²) in [7, 11) is 2.89. The molecule has 8 heteroatoms. The van der Waals surface area contributed by atoms with Gasteiger partial charge in [0.15, 0.2) is 5.82 Å². The Morgan fingerprint density at radius 1 is 1.26 bits per heavy atom. The first-order valence-corrected chi connectivity index (χ1v) is 6.25. The van der Waals surface area contributed by atoms with Crippen molar-refractivity contribution in [2.24, 2.45) is 0 Å². The van der Waals surface area contributed by atoms with Gasteiger partial charge in [-0.3, -0.25) is 4.79 Å². The Bertz CT molecular complexity index is 537. The van der Waals surface area contributed by atoms with Crippen molar-refractivity contribution in [1.29, 1.82) is 0 Å². The number of carbonyl (C=O) groups excluding carboxylic acids is 1. The molecule has 2 rings (SSSR count). The molecule has 1 amide bonds. The van der Waals surface area contributed by atoms with Crippen molar-refractivity contribution in [2.75, 3.05) is 14.2 Å². The van der Waals surface area contributed by atoms with Gasteiger partial charge in [-0.2, -0.15) is 9.97 Å². The molecule has 100 valence electrons. The molecule has 0 saturated heterocycles. The van der Waals surface area contributed by atoms with E-state index in [2.05, 4.69) is 20.3 Å². The van der Waals surface area contributed by atoms with Gasteiger partial charge in [0.1, 0.15) is 0 Å². The van der Waals surface area contributed by atoms with E-state index in [4.69, 9.17) is 9.47 Å². The van der Waals surface area contributed by atoms with E-state index in [1.807, 2.05) is 11.4 Å². The second-order valence-corrected chi connectivity index (χ2v) is 4.33. The van der Waals surface area contributed by atoms with Crippen LogP contribution >= 0.6 is 11.3 Å². The average molecular weight is 280 g/mol. The van der Waals surface area contributed by atoms with Crippen molar-refractivity contribution >= 4 is 17.2 Å². The molecule has 0 aromatic carbocycles. The fraction of sp³-hybridized carbons (Fsp3) is 0.273. The highest BCUT2D eigenvalue weighted by atomic mass is 32.1. The van der Waals surface area contributed by atoms with Crippen LogP contribution in [0.25, 0.3) is 0 Å². The summed E-state index contributed by atoms with van der Waals surface area (Å²) in [4.78, 5) is 24.3. The van der Waals surface area contributed by atoms with Gasteiger partial charge < -0.3 is 14.8 Å². The van der Waals surface area contributed by atoms with Crippen LogP contribution in [0.4, 0.5) is 0 Å². The Kier molecular flexibility index (Phi) is 4.24. The molecule has 2 heterocycles. The predicted molar refractivity (Wildman–Crippen MR) is 68.4 cm³/mol. The molecule has 0 bridgehead atoms. The molecule has 2 aromatic rings. The van der Waals surface area contributed by atoms with Crippen molar-refractivity contribution in [1.82, 2.24) is 20.3 Å². The number of nitrogens with zero attached hydrogens (tertiary/aromatic N) is 3. The van der Waals surface area contributed by atoms with E-state index < -0.39 is 0 Å². The number of hydrogen-bond acceptors (Lipinski definition) is 7. The number of nitrogens with one attached hydrogen (secondary N) is 1. The molecular formula is C11H12N4O3S. The largest absolute Gasteiger partial charge is 0.467 e. The molecule has 2 aromatic heterocycles. The molecule has 7 nitrogen and oxygen atoms in total. The summed E-state index contributed by atoms with van der Waals surface area (Å²) in [6.45, 7) is 0.173. The van der Waals surface area contributed by atoms with Gasteiger partial charge in [-0.15, -0.1) is 16.3 Å². The van der Waals surface area contributed by atoms with Crippen LogP contribution in [0.1, 0.15) is 15.5 Å². The van der Waals surface area contributed by atoms with E-state index in [9.17, 15) is 4.79 Å². The van der Waals surface area contributed by atoms with Crippen LogP contribution in [-0.2, 0) is 6.54 Å². The number of methoxy groups -OCH3 is 2. The molecule has 0 unspecified atom stereocenters. The molecule has 0 fully saturated rings. The lowest BCUT2D eigenvalue weighted by Gasteiger charge is -2.05. The van der Waals surface area contributed by atoms with Crippen LogP contribution in [0, 0.1) is 0 Å². The van der Waals surface area contributed by atoms with E-state index in [0.717, 1.165) is 0 Å². The molecule has 0 saturated carbocycles. The lowest BCUT2D eigenvalue weighted by molar-refractivity contribution is 0.0953. The van der Waals surface area contributed by atoms with Gasteiger partial charge >= 0.3 is 12.0 Å². The van der Waals surface area contributed by atoms with Crippen LogP contribution in [0.5, 0.6) is 12.0 Å². The van der Waals surface area contributed by atoms with E-state index in [-0.39, 0.29) is 24.5 Å². The molecule has 0 aliphatic carbocycles. The lowest BCUT2D eigenvalue weighted by Crippen LogP contribution is -2.23. The van der Waals surface area contributed by atoms with E-state index in [1.54, 1.807) is 6.07 Å². The third kappa shape index (κ3) is 3.38. The highest BCUT2D eigenvalue weighted by molar-refractivity contribution is 7.12. The zero-order valence-electron chi connectivity index (χ0n) is 10.4. The molecule has 0 aliphatic heterocycles. The van der Waals surface area contributed by atoms with Crippen molar-refractivity contribution < 1.29 is 14.3 Å². The zero-order chi connectivity index (χ0) is 13.7. The molecule has 0 aliphatic rings. The minimum absolute atomic E-state index is 0.146. The Morgan fingerprint density at radius 3 is 2.47 bits per heavy atom. The quantitative estimate of drug-likeness (QED) is 0.875. The number of carbonyl (C=O) groups is 1. The number of ether oxygens (including phenoxy) is 2. The number of aromatic nitrogens is 3. The zero-order valence-corrected chi connectivity index (χ0v) is 11.2. The number of amides is 1. The topological polar surface area (TPSA) is 86.2 Å². The van der Waals surface area contributed by atoms with Crippen LogP contribution in [0.3, 0.4) is 0 Å². The Hall–Kier alpha value is -2.22. The summed E-state index contributed by atoms with van der Waals surface area (Å²) in [6.07, 6.45) is 0. The first-order valence-electron chi connectivity index (χ1n) is 5.37. The summed E-state index contributed by atoms with van der Waals surface area (Å²) in [5.74, 6) is 0.196. The normalized spacial score (nSPS) is 10.0. The third-order valence-electron chi connectivity index (χ3n) is 2.16. The van der Waals surface area contributed by atoms with Gasteiger partial charge in [-0.25, -0.2) is 0 Å². The van der Waals surface area contributed by atoms with Gasteiger partial charge in [0.05, 0.1) is 25.6 Å². The Labute approximate surface area is 113 Å². The van der Waals surface area contributed by atoms with Crippen molar-refractivity contribution in [3.05, 3.63) is 28.2 Å². The van der Waals surface area contributed by atoms with Crippen LogP contribution in [0.15, 0.2) is 17.5 Å². The molecule has 19 heavy (non-hydrogen) atoms. The van der Waals surface area contributed by atoms with Gasteiger partial charge in [-0.05, 0) is 11.4 Å². The van der Waals surface area contributed by atoms with Gasteiger partial charge in [0, 0.05) is 0 Å². The van der Waals surface area contributed by atoms with E-state index in [0.29, 0.717) is 10.7 Å². The molecule has 0 atom stereocenters. The maximum absolute atomic E-state index is 11.8. The first kappa shape index (κ1) is 13.2. The standard InChI is InChI=1S/C11H12N4O3S/c1-17-10-13-8(14-11(15-10)18-2)6-12-9(16)7-4-3-5-19-7/h3-5H,6H2,1-2H3,(H,12,16). The SMILES string of the molecule is COc1nc(CNC(=O)c2cccs2)nc(OC)n1. The number of thiophene rings is 1. The fourth-order valence-corrected chi connectivity index (χ4v) is 1.93. The number of rotatable bonds is 5. The third-order valence-corrected chi connectivity index (χ3v) is 3.03. The van der Waals surface area contributed by atoms with E-state index >= 15 is 0 Å². The van der Waals surface area contributed by atoms with Gasteiger partial charge in [0.25, 0.3) is 5.91 Å². The maximum atomic E-state index is 11.8. The lowest BCUT2D eigenvalue weighted by atomic mass is 10.4. The maximum Gasteiger partial charge on any atom is 0.322 e. The molecule has 1 N–H and O–H groups in total. The highest BCUT2D eigenvalue weighted by Crippen LogP contribution is 2.10. The molecular weight excluding hydrogens is 268 g/mol. The predicted octanol–water partition coefficient (Wildman–Crippen LogP) is 0.880. The summed E-state index contributed by atoms with van der Waals surface area (Å²) in [5.41, 5.74) is 0.